The highest BCUT2D eigenvalue weighted by molar-refractivity contribution is 7.88. The second-order valence-electron chi connectivity index (χ2n) is 6.27. The van der Waals surface area contributed by atoms with Crippen molar-refractivity contribution in [3.8, 4) is 0 Å². The van der Waals surface area contributed by atoms with Gasteiger partial charge in [0, 0.05) is 18.8 Å². The van der Waals surface area contributed by atoms with Crippen LogP contribution in [0.2, 0.25) is 0 Å². The molecule has 0 spiro atoms. The molecule has 2 aliphatic heterocycles. The van der Waals surface area contributed by atoms with Crippen LogP contribution in [0.25, 0.3) is 0 Å². The number of nitrogens with zero attached hydrogens (tertiary/aromatic N) is 1. The van der Waals surface area contributed by atoms with E-state index in [0.717, 1.165) is 18.4 Å². The van der Waals surface area contributed by atoms with E-state index < -0.39 is 27.7 Å². The zero-order valence-electron chi connectivity index (χ0n) is 12.9. The first-order chi connectivity index (χ1) is 11.1. The predicted octanol–water partition coefficient (Wildman–Crippen LogP) is 2.41. The van der Waals surface area contributed by atoms with Crippen LogP contribution in [-0.4, -0.2) is 38.0 Å². The summed E-state index contributed by atoms with van der Waals surface area (Å²) in [5, 5.41) is 2.63. The topological polar surface area (TPSA) is 66.5 Å². The molecule has 1 saturated heterocycles. The van der Waals surface area contributed by atoms with E-state index in [9.17, 15) is 26.4 Å². The largest absolute Gasteiger partial charge is 0.416 e. The molecule has 0 aromatic heterocycles. The fourth-order valence-corrected chi connectivity index (χ4v) is 4.34. The highest BCUT2D eigenvalue weighted by Crippen LogP contribution is 2.43. The second kappa shape index (κ2) is 5.73. The lowest BCUT2D eigenvalue weighted by Gasteiger charge is -2.32. The minimum Gasteiger partial charge on any atom is -0.325 e. The third kappa shape index (κ3) is 3.14. The zero-order chi connectivity index (χ0) is 17.7. The molecule has 0 saturated carbocycles. The first-order valence-electron chi connectivity index (χ1n) is 7.54. The van der Waals surface area contributed by atoms with Crippen LogP contribution in [0.4, 0.5) is 18.9 Å². The number of rotatable bonds is 2. The van der Waals surface area contributed by atoms with E-state index >= 15 is 0 Å². The fraction of sp³-hybridized carbons (Fsp3) is 0.533. The lowest BCUT2D eigenvalue weighted by molar-refractivity contribution is -0.137. The van der Waals surface area contributed by atoms with Gasteiger partial charge in [-0.3, -0.25) is 4.79 Å². The zero-order valence-corrected chi connectivity index (χ0v) is 13.7. The Hall–Kier alpha value is -1.61. The number of amides is 1. The molecule has 5 nitrogen and oxygen atoms in total. The highest BCUT2D eigenvalue weighted by Gasteiger charge is 2.41. The number of hydrogen-bond acceptors (Lipinski definition) is 3. The number of benzene rings is 1. The number of piperidine rings is 1. The normalized spacial score (nSPS) is 23.2. The van der Waals surface area contributed by atoms with E-state index in [1.54, 1.807) is 0 Å². The summed E-state index contributed by atoms with van der Waals surface area (Å²) in [7, 11) is -3.29. The van der Waals surface area contributed by atoms with Crippen molar-refractivity contribution in [3.05, 3.63) is 29.3 Å². The summed E-state index contributed by atoms with van der Waals surface area (Å²) in [6.07, 6.45) is -2.45. The SMILES string of the molecule is CS(=O)(=O)N1CCC(C2C(=O)Nc3ccc(C(F)(F)F)cc32)CC1. The minimum atomic E-state index is -4.47. The Morgan fingerprint density at radius 3 is 2.38 bits per heavy atom. The van der Waals surface area contributed by atoms with Gasteiger partial charge < -0.3 is 5.32 Å². The third-order valence-corrected chi connectivity index (χ3v) is 6.00. The highest BCUT2D eigenvalue weighted by atomic mass is 32.2. The molecule has 132 valence electrons. The van der Waals surface area contributed by atoms with Gasteiger partial charge in [0.2, 0.25) is 15.9 Å². The van der Waals surface area contributed by atoms with Crippen LogP contribution < -0.4 is 5.32 Å². The molecular formula is C15H17F3N2O3S. The van der Waals surface area contributed by atoms with Crippen LogP contribution in [0.5, 0.6) is 0 Å². The van der Waals surface area contributed by atoms with Gasteiger partial charge in [0.05, 0.1) is 17.7 Å². The maximum atomic E-state index is 12.9. The van der Waals surface area contributed by atoms with Crippen LogP contribution in [0.1, 0.15) is 29.9 Å². The molecule has 3 rings (SSSR count). The van der Waals surface area contributed by atoms with E-state index in [1.165, 1.54) is 10.4 Å². The molecular weight excluding hydrogens is 345 g/mol. The van der Waals surface area contributed by atoms with Gasteiger partial charge >= 0.3 is 6.18 Å². The van der Waals surface area contributed by atoms with E-state index in [0.29, 0.717) is 24.1 Å². The summed E-state index contributed by atoms with van der Waals surface area (Å²) in [6, 6.07) is 3.26. The lowest BCUT2D eigenvalue weighted by atomic mass is 9.81. The Kier molecular flexibility index (Phi) is 4.11. The average Bonchev–Trinajstić information content (AvgIpc) is 2.80. The number of carbonyl (C=O) groups excluding carboxylic acids is 1. The number of sulfonamides is 1. The molecule has 1 fully saturated rings. The monoisotopic (exact) mass is 362 g/mol. The van der Waals surface area contributed by atoms with Crippen molar-refractivity contribution < 1.29 is 26.4 Å². The molecule has 1 atom stereocenters. The molecule has 1 N–H and O–H groups in total. The Morgan fingerprint density at radius 2 is 1.83 bits per heavy atom. The summed E-state index contributed by atoms with van der Waals surface area (Å²) in [4.78, 5) is 12.2. The predicted molar refractivity (Wildman–Crippen MR) is 82.0 cm³/mol. The van der Waals surface area contributed by atoms with Crippen LogP contribution in [0.15, 0.2) is 18.2 Å². The van der Waals surface area contributed by atoms with Crippen LogP contribution >= 0.6 is 0 Å². The number of anilines is 1. The summed E-state index contributed by atoms with van der Waals surface area (Å²) in [6.45, 7) is 0.559. The van der Waals surface area contributed by atoms with Crippen molar-refractivity contribution in [2.75, 3.05) is 24.7 Å². The number of carbonyl (C=O) groups is 1. The maximum absolute atomic E-state index is 12.9. The van der Waals surface area contributed by atoms with E-state index in [2.05, 4.69) is 5.32 Å². The Balaban J connectivity index is 1.85. The molecule has 0 radical (unpaired) electrons. The molecule has 1 aromatic rings. The van der Waals surface area contributed by atoms with Gasteiger partial charge in [-0.1, -0.05) is 0 Å². The summed E-state index contributed by atoms with van der Waals surface area (Å²) in [5.41, 5.74) is -0.0208. The molecule has 1 unspecified atom stereocenters. The lowest BCUT2D eigenvalue weighted by Crippen LogP contribution is -2.40. The summed E-state index contributed by atoms with van der Waals surface area (Å²) >= 11 is 0. The molecule has 2 aliphatic rings. The third-order valence-electron chi connectivity index (χ3n) is 4.69. The number of alkyl halides is 3. The van der Waals surface area contributed by atoms with Gasteiger partial charge in [-0.15, -0.1) is 0 Å². The van der Waals surface area contributed by atoms with Gasteiger partial charge in [0.1, 0.15) is 0 Å². The Labute approximate surface area is 137 Å². The standard InChI is InChI=1S/C15H17F3N2O3S/c1-24(22,23)20-6-4-9(5-7-20)13-11-8-10(15(16,17)18)2-3-12(11)19-14(13)21/h2-3,8-9,13H,4-7H2,1H3,(H,19,21). The molecule has 24 heavy (non-hydrogen) atoms. The van der Waals surface area contributed by atoms with Crippen molar-refractivity contribution in [1.82, 2.24) is 4.31 Å². The average molecular weight is 362 g/mol. The molecule has 1 aromatic carbocycles. The maximum Gasteiger partial charge on any atom is 0.416 e. The van der Waals surface area contributed by atoms with Crippen LogP contribution in [0, 0.1) is 5.92 Å². The summed E-state index contributed by atoms with van der Waals surface area (Å²) < 4.78 is 63.2. The number of fused-ring (bicyclic) bond motifs is 1. The van der Waals surface area contributed by atoms with Gasteiger partial charge in [-0.2, -0.15) is 13.2 Å². The minimum absolute atomic E-state index is 0.173. The summed E-state index contributed by atoms with van der Waals surface area (Å²) in [5.74, 6) is -1.15. The fourth-order valence-electron chi connectivity index (χ4n) is 3.47. The number of halogens is 3. The molecule has 1 amide bonds. The number of hydrogen-bond donors (Lipinski definition) is 1. The molecule has 0 bridgehead atoms. The second-order valence-corrected chi connectivity index (χ2v) is 8.25. The van der Waals surface area contributed by atoms with Gasteiger partial charge in [0.15, 0.2) is 0 Å². The Morgan fingerprint density at radius 1 is 1.21 bits per heavy atom. The van der Waals surface area contributed by atoms with Gasteiger partial charge in [-0.25, -0.2) is 12.7 Å². The van der Waals surface area contributed by atoms with Gasteiger partial charge in [0.25, 0.3) is 0 Å². The van der Waals surface area contributed by atoms with Crippen molar-refractivity contribution >= 4 is 21.6 Å². The number of nitrogens with one attached hydrogen (secondary N) is 1. The molecule has 0 aliphatic carbocycles. The van der Waals surface area contributed by atoms with Crippen molar-refractivity contribution in [2.45, 2.75) is 24.9 Å². The Bertz CT molecular complexity index is 769. The smallest absolute Gasteiger partial charge is 0.325 e. The molecule has 9 heteroatoms. The van der Waals surface area contributed by atoms with Crippen molar-refractivity contribution in [3.63, 3.8) is 0 Å². The van der Waals surface area contributed by atoms with Crippen LogP contribution in [-0.2, 0) is 21.0 Å². The van der Waals surface area contributed by atoms with Crippen LogP contribution in [0.3, 0.4) is 0 Å². The molecule has 2 heterocycles. The van der Waals surface area contributed by atoms with E-state index in [-0.39, 0.29) is 24.9 Å². The first kappa shape index (κ1) is 17.2. The van der Waals surface area contributed by atoms with Gasteiger partial charge in [-0.05, 0) is 42.5 Å². The quantitative estimate of drug-likeness (QED) is 0.879. The van der Waals surface area contributed by atoms with Crippen molar-refractivity contribution in [2.24, 2.45) is 5.92 Å². The first-order valence-corrected chi connectivity index (χ1v) is 9.39. The van der Waals surface area contributed by atoms with E-state index in [4.69, 9.17) is 0 Å². The van der Waals surface area contributed by atoms with Crippen molar-refractivity contribution in [1.29, 1.82) is 0 Å². The van der Waals surface area contributed by atoms with E-state index in [1.807, 2.05) is 0 Å².